The Morgan fingerprint density at radius 3 is 2.31 bits per heavy atom. The van der Waals surface area contributed by atoms with Gasteiger partial charge in [0, 0.05) is 29.6 Å². The van der Waals surface area contributed by atoms with Crippen molar-refractivity contribution in [2.75, 3.05) is 30.9 Å². The molecule has 12 heteroatoms. The third kappa shape index (κ3) is 7.86. The number of sulfonamides is 1. The number of hydrogen-bond acceptors (Lipinski definition) is 6. The molecule has 1 saturated heterocycles. The fraction of sp³-hybridized carbons (Fsp3) is 0.259. The lowest BCUT2D eigenvalue weighted by Gasteiger charge is -2.21. The standard InChI is InChI=1S/C27H28Cl2N4O5S/c28-20-7-10-24(22(29)17-20)38-25-4-2-1-3-23(25)33-39(36,37)21-8-5-18(6-9-21)26(34)31-15-16-32-27(35)19-11-13-30-14-12-19/h1-10,17,19,30,33H,11-16H2,(H,31,34)(H,32,35). The molecule has 1 heterocycles. The highest BCUT2D eigenvalue weighted by Gasteiger charge is 2.21. The second kappa shape index (κ2) is 13.2. The van der Waals surface area contributed by atoms with E-state index in [1.54, 1.807) is 36.4 Å². The molecule has 4 rings (SSSR count). The number of piperidine rings is 1. The maximum atomic E-state index is 13.0. The van der Waals surface area contributed by atoms with Crippen molar-refractivity contribution in [1.29, 1.82) is 0 Å². The number of nitrogens with one attached hydrogen (secondary N) is 4. The van der Waals surface area contributed by atoms with Crippen molar-refractivity contribution < 1.29 is 22.7 Å². The SMILES string of the molecule is O=C(NCCNC(=O)C1CCNCC1)c1ccc(S(=O)(=O)Nc2ccccc2Oc2ccc(Cl)cc2Cl)cc1. The molecule has 0 radical (unpaired) electrons. The first kappa shape index (κ1) is 28.7. The van der Waals surface area contributed by atoms with E-state index in [1.165, 1.54) is 30.3 Å². The summed E-state index contributed by atoms with van der Waals surface area (Å²) in [6.45, 7) is 2.22. The van der Waals surface area contributed by atoms with Crippen molar-refractivity contribution >= 4 is 50.7 Å². The van der Waals surface area contributed by atoms with E-state index in [4.69, 9.17) is 27.9 Å². The van der Waals surface area contributed by atoms with Crippen molar-refractivity contribution in [1.82, 2.24) is 16.0 Å². The first-order valence-corrected chi connectivity index (χ1v) is 14.6. The highest BCUT2D eigenvalue weighted by molar-refractivity contribution is 7.92. The summed E-state index contributed by atoms with van der Waals surface area (Å²) in [5.41, 5.74) is 0.497. The summed E-state index contributed by atoms with van der Waals surface area (Å²) in [5.74, 6) is 0.180. The van der Waals surface area contributed by atoms with Crippen LogP contribution in [-0.4, -0.2) is 46.4 Å². The third-order valence-electron chi connectivity index (χ3n) is 6.09. The maximum Gasteiger partial charge on any atom is 0.262 e. The van der Waals surface area contributed by atoms with Crippen LogP contribution < -0.4 is 25.4 Å². The molecule has 4 N–H and O–H groups in total. The van der Waals surface area contributed by atoms with E-state index < -0.39 is 10.0 Å². The summed E-state index contributed by atoms with van der Waals surface area (Å²) in [6, 6.07) is 16.8. The Bertz CT molecular complexity index is 1430. The number of amides is 2. The van der Waals surface area contributed by atoms with Gasteiger partial charge in [0.25, 0.3) is 15.9 Å². The lowest BCUT2D eigenvalue weighted by Crippen LogP contribution is -2.41. The first-order valence-electron chi connectivity index (χ1n) is 12.3. The van der Waals surface area contributed by atoms with Crippen LogP contribution in [0.4, 0.5) is 5.69 Å². The highest BCUT2D eigenvalue weighted by atomic mass is 35.5. The number of hydrogen-bond donors (Lipinski definition) is 4. The molecular weight excluding hydrogens is 563 g/mol. The topological polar surface area (TPSA) is 126 Å². The summed E-state index contributed by atoms with van der Waals surface area (Å²) < 4.78 is 34.4. The van der Waals surface area contributed by atoms with E-state index >= 15 is 0 Å². The lowest BCUT2D eigenvalue weighted by molar-refractivity contribution is -0.125. The first-order chi connectivity index (χ1) is 18.7. The van der Waals surface area contributed by atoms with Crippen LogP contribution >= 0.6 is 23.2 Å². The maximum absolute atomic E-state index is 13.0. The number of para-hydroxylation sites is 2. The number of rotatable bonds is 10. The quantitative estimate of drug-likeness (QED) is 0.259. The van der Waals surface area contributed by atoms with Gasteiger partial charge in [-0.1, -0.05) is 35.3 Å². The Balaban J connectivity index is 1.33. The van der Waals surface area contributed by atoms with Crippen LogP contribution in [0.3, 0.4) is 0 Å². The summed E-state index contributed by atoms with van der Waals surface area (Å²) in [7, 11) is -4.00. The molecule has 3 aromatic carbocycles. The van der Waals surface area contributed by atoms with Crippen LogP contribution in [0, 0.1) is 5.92 Å². The number of anilines is 1. The van der Waals surface area contributed by atoms with Gasteiger partial charge in [-0.15, -0.1) is 0 Å². The largest absolute Gasteiger partial charge is 0.454 e. The Morgan fingerprint density at radius 1 is 0.897 bits per heavy atom. The fourth-order valence-electron chi connectivity index (χ4n) is 4.00. The van der Waals surface area contributed by atoms with E-state index in [0.29, 0.717) is 22.9 Å². The van der Waals surface area contributed by atoms with Crippen LogP contribution in [0.5, 0.6) is 11.5 Å². The van der Waals surface area contributed by atoms with Crippen molar-refractivity contribution in [2.45, 2.75) is 17.7 Å². The molecule has 0 aliphatic carbocycles. The molecule has 3 aromatic rings. The Labute approximate surface area is 237 Å². The van der Waals surface area contributed by atoms with Gasteiger partial charge in [0.2, 0.25) is 5.91 Å². The summed E-state index contributed by atoms with van der Waals surface area (Å²) in [4.78, 5) is 24.6. The van der Waals surface area contributed by atoms with E-state index in [0.717, 1.165) is 25.9 Å². The van der Waals surface area contributed by atoms with Gasteiger partial charge in [-0.25, -0.2) is 8.42 Å². The molecule has 9 nitrogen and oxygen atoms in total. The van der Waals surface area contributed by atoms with Crippen molar-refractivity contribution in [3.05, 3.63) is 82.3 Å². The minimum atomic E-state index is -4.00. The van der Waals surface area contributed by atoms with Gasteiger partial charge in [-0.2, -0.15) is 0 Å². The van der Waals surface area contributed by atoms with Gasteiger partial charge >= 0.3 is 0 Å². The van der Waals surface area contributed by atoms with E-state index in [9.17, 15) is 18.0 Å². The minimum absolute atomic E-state index is 0.00109. The van der Waals surface area contributed by atoms with Gasteiger partial charge in [-0.05, 0) is 80.5 Å². The predicted molar refractivity (Wildman–Crippen MR) is 151 cm³/mol. The highest BCUT2D eigenvalue weighted by Crippen LogP contribution is 2.35. The van der Waals surface area contributed by atoms with Gasteiger partial charge in [0.1, 0.15) is 5.75 Å². The molecule has 0 saturated carbocycles. The van der Waals surface area contributed by atoms with Crippen LogP contribution in [0.2, 0.25) is 10.0 Å². The zero-order chi connectivity index (χ0) is 27.8. The van der Waals surface area contributed by atoms with Crippen LogP contribution in [0.15, 0.2) is 71.6 Å². The molecular formula is C27H28Cl2N4O5S. The molecule has 1 fully saturated rings. The predicted octanol–water partition coefficient (Wildman–Crippen LogP) is 4.43. The summed E-state index contributed by atoms with van der Waals surface area (Å²) in [5, 5.41) is 9.51. The Hall–Kier alpha value is -3.31. The molecule has 1 aliphatic heterocycles. The number of ether oxygens (including phenoxy) is 1. The number of carbonyl (C=O) groups is 2. The second-order valence-corrected chi connectivity index (χ2v) is 11.4. The smallest absolute Gasteiger partial charge is 0.262 e. The van der Waals surface area contributed by atoms with Crippen LogP contribution in [0.1, 0.15) is 23.2 Å². The lowest BCUT2D eigenvalue weighted by atomic mass is 9.97. The molecule has 0 aromatic heterocycles. The van der Waals surface area contributed by atoms with Gasteiger partial charge in [-0.3, -0.25) is 14.3 Å². The molecule has 206 valence electrons. The summed E-state index contributed by atoms with van der Waals surface area (Å²) in [6.07, 6.45) is 1.61. The van der Waals surface area contributed by atoms with E-state index in [1.807, 2.05) is 0 Å². The Kier molecular flexibility index (Phi) is 9.68. The molecule has 0 bridgehead atoms. The average Bonchev–Trinajstić information content (AvgIpc) is 2.93. The average molecular weight is 592 g/mol. The number of carbonyl (C=O) groups excluding carboxylic acids is 2. The van der Waals surface area contributed by atoms with Crippen LogP contribution in [-0.2, 0) is 14.8 Å². The number of benzene rings is 3. The van der Waals surface area contributed by atoms with Crippen molar-refractivity contribution in [3.63, 3.8) is 0 Å². The second-order valence-electron chi connectivity index (χ2n) is 8.87. The van der Waals surface area contributed by atoms with Crippen molar-refractivity contribution in [2.24, 2.45) is 5.92 Å². The zero-order valence-electron chi connectivity index (χ0n) is 20.9. The van der Waals surface area contributed by atoms with E-state index in [2.05, 4.69) is 20.7 Å². The zero-order valence-corrected chi connectivity index (χ0v) is 23.2. The summed E-state index contributed by atoms with van der Waals surface area (Å²) >= 11 is 12.1. The van der Waals surface area contributed by atoms with Gasteiger partial charge < -0.3 is 20.7 Å². The van der Waals surface area contributed by atoms with Gasteiger partial charge in [0.15, 0.2) is 5.75 Å². The normalized spacial score (nSPS) is 13.9. The molecule has 0 spiro atoms. The van der Waals surface area contributed by atoms with Gasteiger partial charge in [0.05, 0.1) is 15.6 Å². The van der Waals surface area contributed by atoms with E-state index in [-0.39, 0.29) is 45.6 Å². The monoisotopic (exact) mass is 590 g/mol. The molecule has 0 unspecified atom stereocenters. The van der Waals surface area contributed by atoms with Crippen LogP contribution in [0.25, 0.3) is 0 Å². The molecule has 0 atom stereocenters. The molecule has 39 heavy (non-hydrogen) atoms. The van der Waals surface area contributed by atoms with Crippen molar-refractivity contribution in [3.8, 4) is 11.5 Å². The fourth-order valence-corrected chi connectivity index (χ4v) is 5.52. The molecule has 1 aliphatic rings. The Morgan fingerprint density at radius 2 is 1.59 bits per heavy atom. The number of halogens is 2. The third-order valence-corrected chi connectivity index (χ3v) is 8.00. The molecule has 2 amide bonds. The minimum Gasteiger partial charge on any atom is -0.454 e.